The Balaban J connectivity index is 2.82. The molecular weight excluding hydrogens is 296 g/mol. The van der Waals surface area contributed by atoms with E-state index in [2.05, 4.69) is 20.7 Å². The summed E-state index contributed by atoms with van der Waals surface area (Å²) in [6.07, 6.45) is 0. The first-order chi connectivity index (χ1) is 8.02. The van der Waals surface area contributed by atoms with Gasteiger partial charge >= 0.3 is 6.61 Å². The molecule has 0 radical (unpaired) electrons. The summed E-state index contributed by atoms with van der Waals surface area (Å²) in [5, 5.41) is 8.78. The van der Waals surface area contributed by atoms with Crippen LogP contribution in [0.3, 0.4) is 0 Å². The zero-order chi connectivity index (χ0) is 12.8. The summed E-state index contributed by atoms with van der Waals surface area (Å²) < 4.78 is 29.6. The first-order valence-electron chi connectivity index (χ1n) is 5.05. The topological polar surface area (TPSA) is 32.7 Å². The molecule has 0 heterocycles. The number of halogens is 3. The molecule has 0 saturated heterocycles. The maximum Gasteiger partial charge on any atom is 0.387 e. The zero-order valence-corrected chi connectivity index (χ0v) is 11.0. The maximum atomic E-state index is 12.2. The Morgan fingerprint density at radius 2 is 2.18 bits per heavy atom. The van der Waals surface area contributed by atoms with Crippen LogP contribution in [-0.4, -0.2) is 36.8 Å². The van der Waals surface area contributed by atoms with Crippen LogP contribution in [0, 0.1) is 0 Å². The Hall–Kier alpha value is -0.720. The number of ether oxygens (including phenoxy) is 1. The minimum atomic E-state index is -2.84. The van der Waals surface area contributed by atoms with E-state index < -0.39 is 6.61 Å². The Bertz CT molecular complexity index is 363. The van der Waals surface area contributed by atoms with Crippen LogP contribution in [0.2, 0.25) is 0 Å². The summed E-state index contributed by atoms with van der Waals surface area (Å²) in [6.45, 7) is -1.91. The molecule has 0 fully saturated rings. The van der Waals surface area contributed by atoms with E-state index in [4.69, 9.17) is 5.11 Å². The van der Waals surface area contributed by atoms with Crippen molar-refractivity contribution in [3.8, 4) is 5.75 Å². The average Bonchev–Trinajstić information content (AvgIpc) is 2.22. The molecule has 1 aromatic rings. The lowest BCUT2D eigenvalue weighted by molar-refractivity contribution is -0.0507. The molecule has 0 aliphatic carbocycles. The molecule has 0 unspecified atom stereocenters. The minimum Gasteiger partial charge on any atom is -0.434 e. The largest absolute Gasteiger partial charge is 0.434 e. The van der Waals surface area contributed by atoms with E-state index in [0.717, 1.165) is 4.47 Å². The fourth-order valence-electron chi connectivity index (χ4n) is 1.42. The van der Waals surface area contributed by atoms with Crippen LogP contribution in [0.1, 0.15) is 5.56 Å². The van der Waals surface area contributed by atoms with Gasteiger partial charge in [0.1, 0.15) is 5.75 Å². The number of aliphatic hydroxyl groups is 1. The minimum absolute atomic E-state index is 0.0234. The van der Waals surface area contributed by atoms with Gasteiger partial charge in [0, 0.05) is 23.1 Å². The lowest BCUT2D eigenvalue weighted by atomic mass is 10.2. The van der Waals surface area contributed by atoms with Crippen molar-refractivity contribution in [2.45, 2.75) is 13.2 Å². The second kappa shape index (κ2) is 6.88. The van der Waals surface area contributed by atoms with Crippen LogP contribution in [0.15, 0.2) is 22.7 Å². The molecular formula is C11H14BrF2NO2. The van der Waals surface area contributed by atoms with E-state index in [9.17, 15) is 8.78 Å². The molecule has 1 rings (SSSR count). The van der Waals surface area contributed by atoms with Gasteiger partial charge in [0.2, 0.25) is 0 Å². The number of benzene rings is 1. The van der Waals surface area contributed by atoms with Gasteiger partial charge in [-0.2, -0.15) is 8.78 Å². The third kappa shape index (κ3) is 4.97. The van der Waals surface area contributed by atoms with Gasteiger partial charge < -0.3 is 9.84 Å². The van der Waals surface area contributed by atoms with Crippen LogP contribution in [0.25, 0.3) is 0 Å². The van der Waals surface area contributed by atoms with Crippen molar-refractivity contribution >= 4 is 15.9 Å². The number of alkyl halides is 2. The van der Waals surface area contributed by atoms with Crippen LogP contribution in [0.4, 0.5) is 8.78 Å². The molecule has 0 spiro atoms. The van der Waals surface area contributed by atoms with Crippen LogP contribution < -0.4 is 4.74 Å². The monoisotopic (exact) mass is 309 g/mol. The second-order valence-electron chi connectivity index (χ2n) is 3.59. The highest BCUT2D eigenvalue weighted by atomic mass is 79.9. The first kappa shape index (κ1) is 14.3. The van der Waals surface area contributed by atoms with Gasteiger partial charge in [-0.25, -0.2) is 0 Å². The zero-order valence-electron chi connectivity index (χ0n) is 9.37. The van der Waals surface area contributed by atoms with Crippen LogP contribution in [0.5, 0.6) is 5.75 Å². The van der Waals surface area contributed by atoms with Gasteiger partial charge in [0.15, 0.2) is 0 Å². The van der Waals surface area contributed by atoms with E-state index in [1.807, 2.05) is 4.90 Å². The highest BCUT2D eigenvalue weighted by Gasteiger charge is 2.11. The van der Waals surface area contributed by atoms with Crippen molar-refractivity contribution in [2.75, 3.05) is 20.2 Å². The Kier molecular flexibility index (Phi) is 5.80. The van der Waals surface area contributed by atoms with Gasteiger partial charge in [-0.3, -0.25) is 4.90 Å². The summed E-state index contributed by atoms with van der Waals surface area (Å²) in [6, 6.07) is 4.87. The van der Waals surface area contributed by atoms with Gasteiger partial charge in [0.25, 0.3) is 0 Å². The fraction of sp³-hybridized carbons (Fsp3) is 0.455. The molecule has 0 aliphatic heterocycles. The SMILES string of the molecule is CN(CCO)Cc1cc(Br)ccc1OC(F)F. The van der Waals surface area contributed by atoms with Crippen molar-refractivity contribution in [1.29, 1.82) is 0 Å². The highest BCUT2D eigenvalue weighted by Crippen LogP contribution is 2.25. The standard InChI is InChI=1S/C11H14BrF2NO2/c1-15(4-5-16)7-8-6-9(12)2-3-10(8)17-11(13)14/h2-3,6,11,16H,4-5,7H2,1H3. The number of hydrogen-bond donors (Lipinski definition) is 1. The number of aliphatic hydroxyl groups excluding tert-OH is 1. The predicted molar refractivity (Wildman–Crippen MR) is 64.2 cm³/mol. The Labute approximate surface area is 107 Å². The molecule has 0 bridgehead atoms. The van der Waals surface area contributed by atoms with Crippen molar-refractivity contribution in [3.05, 3.63) is 28.2 Å². The third-order valence-corrected chi connectivity index (χ3v) is 2.65. The molecule has 1 aromatic carbocycles. The number of hydrogen-bond acceptors (Lipinski definition) is 3. The molecule has 96 valence electrons. The first-order valence-corrected chi connectivity index (χ1v) is 5.85. The summed E-state index contributed by atoms with van der Waals surface area (Å²) in [5.74, 6) is 0.160. The lowest BCUT2D eigenvalue weighted by Crippen LogP contribution is -2.22. The van der Waals surface area contributed by atoms with Gasteiger partial charge in [-0.15, -0.1) is 0 Å². The average molecular weight is 310 g/mol. The van der Waals surface area contributed by atoms with E-state index in [-0.39, 0.29) is 12.4 Å². The fourth-order valence-corrected chi connectivity index (χ4v) is 1.83. The summed E-state index contributed by atoms with van der Waals surface area (Å²) in [4.78, 5) is 1.82. The molecule has 17 heavy (non-hydrogen) atoms. The molecule has 0 saturated carbocycles. The lowest BCUT2D eigenvalue weighted by Gasteiger charge is -2.18. The van der Waals surface area contributed by atoms with Crippen molar-refractivity contribution in [2.24, 2.45) is 0 Å². The number of rotatable bonds is 6. The second-order valence-corrected chi connectivity index (χ2v) is 4.51. The molecule has 3 nitrogen and oxygen atoms in total. The summed E-state index contributed by atoms with van der Waals surface area (Å²) in [7, 11) is 1.79. The van der Waals surface area contributed by atoms with E-state index >= 15 is 0 Å². The quantitative estimate of drug-likeness (QED) is 0.876. The van der Waals surface area contributed by atoms with E-state index in [1.54, 1.807) is 19.2 Å². The number of likely N-dealkylation sites (N-methyl/N-ethyl adjacent to an activating group) is 1. The van der Waals surface area contributed by atoms with Gasteiger partial charge in [0.05, 0.1) is 6.61 Å². The van der Waals surface area contributed by atoms with Gasteiger partial charge in [-0.1, -0.05) is 15.9 Å². The van der Waals surface area contributed by atoms with E-state index in [1.165, 1.54) is 6.07 Å². The third-order valence-electron chi connectivity index (χ3n) is 2.16. The Morgan fingerprint density at radius 1 is 1.47 bits per heavy atom. The molecule has 0 aromatic heterocycles. The van der Waals surface area contributed by atoms with Crippen LogP contribution in [-0.2, 0) is 6.54 Å². The summed E-state index contributed by atoms with van der Waals surface area (Å²) in [5.41, 5.74) is 0.649. The highest BCUT2D eigenvalue weighted by molar-refractivity contribution is 9.10. The summed E-state index contributed by atoms with van der Waals surface area (Å²) >= 11 is 3.28. The normalized spacial score (nSPS) is 11.2. The molecule has 0 aliphatic rings. The van der Waals surface area contributed by atoms with E-state index in [0.29, 0.717) is 18.7 Å². The maximum absolute atomic E-state index is 12.2. The molecule has 1 N–H and O–H groups in total. The van der Waals surface area contributed by atoms with Crippen molar-refractivity contribution < 1.29 is 18.6 Å². The predicted octanol–water partition coefficient (Wildman–Crippen LogP) is 2.47. The number of nitrogens with zero attached hydrogens (tertiary/aromatic N) is 1. The molecule has 0 amide bonds. The van der Waals surface area contributed by atoms with Crippen LogP contribution >= 0.6 is 15.9 Å². The Morgan fingerprint density at radius 3 is 2.76 bits per heavy atom. The smallest absolute Gasteiger partial charge is 0.387 e. The van der Waals surface area contributed by atoms with Crippen molar-refractivity contribution in [1.82, 2.24) is 4.90 Å². The van der Waals surface area contributed by atoms with Gasteiger partial charge in [-0.05, 0) is 25.2 Å². The molecule has 6 heteroatoms. The molecule has 0 atom stereocenters. The van der Waals surface area contributed by atoms with Crippen molar-refractivity contribution in [3.63, 3.8) is 0 Å².